The Bertz CT molecular complexity index is 2040. The summed E-state index contributed by atoms with van der Waals surface area (Å²) >= 11 is 1.43. The van der Waals surface area contributed by atoms with Crippen molar-refractivity contribution in [2.45, 2.75) is 25.4 Å². The van der Waals surface area contributed by atoms with Crippen LogP contribution in [0.1, 0.15) is 50.0 Å². The Morgan fingerprint density at radius 2 is 1.83 bits per heavy atom. The molecule has 3 aromatic heterocycles. The second kappa shape index (κ2) is 13.1. The van der Waals surface area contributed by atoms with Gasteiger partial charge in [0.05, 0.1) is 22.5 Å². The summed E-state index contributed by atoms with van der Waals surface area (Å²) in [6.07, 6.45) is 4.95. The molecule has 1 aliphatic heterocycles. The topological polar surface area (TPSA) is 122 Å². The summed E-state index contributed by atoms with van der Waals surface area (Å²) in [5, 5.41) is 18.4. The lowest BCUT2D eigenvalue weighted by Gasteiger charge is -2.31. The van der Waals surface area contributed by atoms with Crippen LogP contribution in [0.5, 0.6) is 0 Å². The van der Waals surface area contributed by atoms with E-state index in [0.717, 1.165) is 26.9 Å². The molecular formula is C36H32N6O4S. The van der Waals surface area contributed by atoms with Crippen molar-refractivity contribution in [2.24, 2.45) is 0 Å². The highest BCUT2D eigenvalue weighted by Crippen LogP contribution is 2.32. The molecule has 1 unspecified atom stereocenters. The van der Waals surface area contributed by atoms with Crippen LogP contribution < -0.4 is 10.2 Å². The number of nitrogens with zero attached hydrogens (tertiary/aromatic N) is 5. The average molecular weight is 645 g/mol. The van der Waals surface area contributed by atoms with Crippen molar-refractivity contribution in [3.05, 3.63) is 125 Å². The smallest absolute Gasteiger partial charge is 0.355 e. The van der Waals surface area contributed by atoms with Gasteiger partial charge >= 0.3 is 5.97 Å². The molecule has 6 aromatic rings. The van der Waals surface area contributed by atoms with Gasteiger partial charge in [0.15, 0.2) is 10.8 Å². The van der Waals surface area contributed by atoms with Crippen LogP contribution in [0.4, 0.5) is 10.9 Å². The van der Waals surface area contributed by atoms with Crippen molar-refractivity contribution < 1.29 is 19.4 Å². The summed E-state index contributed by atoms with van der Waals surface area (Å²) in [6.45, 7) is 1.60. The third-order valence-corrected chi connectivity index (χ3v) is 9.40. The molecule has 0 saturated carbocycles. The van der Waals surface area contributed by atoms with E-state index in [1.54, 1.807) is 19.4 Å². The summed E-state index contributed by atoms with van der Waals surface area (Å²) < 4.78 is 8.21. The van der Waals surface area contributed by atoms with Crippen LogP contribution in [0.25, 0.3) is 21.3 Å². The Kier molecular flexibility index (Phi) is 8.47. The van der Waals surface area contributed by atoms with E-state index in [1.165, 1.54) is 11.3 Å². The first-order valence-electron chi connectivity index (χ1n) is 15.3. The van der Waals surface area contributed by atoms with Crippen LogP contribution in [-0.4, -0.2) is 57.0 Å². The zero-order chi connectivity index (χ0) is 32.3. The quantitative estimate of drug-likeness (QED) is 0.169. The van der Waals surface area contributed by atoms with Gasteiger partial charge in [-0.1, -0.05) is 65.9 Å². The second-order valence-corrected chi connectivity index (χ2v) is 12.4. The largest absolute Gasteiger partial charge is 0.476 e. The number of carboxylic acids is 1. The number of nitrogens with one attached hydrogen (secondary N) is 1. The first kappa shape index (κ1) is 30.3. The van der Waals surface area contributed by atoms with Gasteiger partial charge in [-0.25, -0.2) is 14.8 Å². The van der Waals surface area contributed by atoms with E-state index >= 15 is 0 Å². The minimum atomic E-state index is -1.12. The molecule has 1 atom stereocenters. The molecular weight excluding hydrogens is 613 g/mol. The van der Waals surface area contributed by atoms with Gasteiger partial charge in [-0.3, -0.25) is 14.8 Å². The Morgan fingerprint density at radius 1 is 1.00 bits per heavy atom. The van der Waals surface area contributed by atoms with E-state index in [9.17, 15) is 14.7 Å². The standard InChI is InChI=1S/C36H32N6O4S/c1-46-19-17-30(24-8-3-2-4-9-24)42-21-25(20-37-42)26-14-15-32(39-33(26)35(44)45)41-18-16-23-10-7-11-27(28(23)22-41)34(43)40-36-38-29-12-5-6-13-31(29)47-36/h2-15,20-21,30H,16-19,22H2,1H3,(H,44,45)(H,38,40,43). The molecule has 0 fully saturated rings. The van der Waals surface area contributed by atoms with Crippen LogP contribution in [-0.2, 0) is 17.7 Å². The molecule has 0 spiro atoms. The summed E-state index contributed by atoms with van der Waals surface area (Å²) in [7, 11) is 1.67. The maximum atomic E-state index is 13.5. The minimum Gasteiger partial charge on any atom is -0.476 e. The van der Waals surface area contributed by atoms with Gasteiger partial charge < -0.3 is 14.7 Å². The maximum absolute atomic E-state index is 13.5. The number of aromatic nitrogens is 4. The number of anilines is 2. The second-order valence-electron chi connectivity index (χ2n) is 11.3. The number of carboxylic acid groups (broad SMARTS) is 1. The number of carbonyl (C=O) groups is 2. The van der Waals surface area contributed by atoms with Crippen molar-refractivity contribution in [1.29, 1.82) is 0 Å². The number of amides is 1. The Balaban J connectivity index is 1.14. The number of para-hydroxylation sites is 1. The minimum absolute atomic E-state index is 0.0529. The molecule has 0 saturated heterocycles. The molecule has 1 amide bonds. The number of aromatic carboxylic acids is 1. The fourth-order valence-corrected chi connectivity index (χ4v) is 6.97. The molecule has 2 N–H and O–H groups in total. The SMILES string of the molecule is COCCC(c1ccccc1)n1cc(-c2ccc(N3CCc4cccc(C(=O)Nc5nc6ccccc6s5)c4C3)nc2C(=O)O)cn1. The fourth-order valence-electron chi connectivity index (χ4n) is 6.10. The highest BCUT2D eigenvalue weighted by molar-refractivity contribution is 7.22. The van der Waals surface area contributed by atoms with Crippen molar-refractivity contribution in [2.75, 3.05) is 30.5 Å². The third kappa shape index (κ3) is 6.23. The average Bonchev–Trinajstić information content (AvgIpc) is 3.75. The zero-order valence-corrected chi connectivity index (χ0v) is 26.5. The van der Waals surface area contributed by atoms with Gasteiger partial charge in [0.25, 0.3) is 5.91 Å². The predicted molar refractivity (Wildman–Crippen MR) is 182 cm³/mol. The molecule has 3 aromatic carbocycles. The fraction of sp³-hybridized carbons (Fsp3) is 0.194. The van der Waals surface area contributed by atoms with E-state index in [-0.39, 0.29) is 17.6 Å². The molecule has 0 aliphatic carbocycles. The van der Waals surface area contributed by atoms with Crippen LogP contribution in [0.15, 0.2) is 97.3 Å². The third-order valence-electron chi connectivity index (χ3n) is 8.45. The normalized spacial score (nSPS) is 13.3. The molecule has 10 nitrogen and oxygen atoms in total. The van der Waals surface area contributed by atoms with Crippen LogP contribution in [0.2, 0.25) is 0 Å². The monoisotopic (exact) mass is 644 g/mol. The number of methoxy groups -OCH3 is 1. The summed E-state index contributed by atoms with van der Waals surface area (Å²) in [4.78, 5) is 37.2. The highest BCUT2D eigenvalue weighted by atomic mass is 32.1. The summed E-state index contributed by atoms with van der Waals surface area (Å²) in [6, 6.07) is 27.1. The Labute approximate surface area is 275 Å². The maximum Gasteiger partial charge on any atom is 0.355 e. The van der Waals surface area contributed by atoms with E-state index < -0.39 is 5.97 Å². The van der Waals surface area contributed by atoms with Gasteiger partial charge in [-0.2, -0.15) is 5.10 Å². The van der Waals surface area contributed by atoms with Gasteiger partial charge in [0.2, 0.25) is 0 Å². The van der Waals surface area contributed by atoms with Crippen LogP contribution >= 0.6 is 11.3 Å². The van der Waals surface area contributed by atoms with Gasteiger partial charge in [-0.05, 0) is 59.9 Å². The highest BCUT2D eigenvalue weighted by Gasteiger charge is 2.26. The number of pyridine rings is 1. The Morgan fingerprint density at radius 3 is 2.64 bits per heavy atom. The van der Waals surface area contributed by atoms with E-state index in [1.807, 2.05) is 94.6 Å². The van der Waals surface area contributed by atoms with Gasteiger partial charge in [-0.15, -0.1) is 0 Å². The first-order valence-corrected chi connectivity index (χ1v) is 16.2. The Hall–Kier alpha value is -5.39. The number of fused-ring (bicyclic) bond motifs is 2. The number of hydrogen-bond acceptors (Lipinski definition) is 8. The number of ether oxygens (including phenoxy) is 1. The number of benzene rings is 3. The van der Waals surface area contributed by atoms with Gasteiger partial charge in [0.1, 0.15) is 5.82 Å². The number of hydrogen-bond donors (Lipinski definition) is 2. The van der Waals surface area contributed by atoms with E-state index in [0.29, 0.717) is 60.2 Å². The molecule has 4 heterocycles. The van der Waals surface area contributed by atoms with E-state index in [2.05, 4.69) is 20.4 Å². The van der Waals surface area contributed by atoms with Gasteiger partial charge in [0, 0.05) is 49.7 Å². The number of carbonyl (C=O) groups excluding carboxylic acids is 1. The molecule has 7 rings (SSSR count). The van der Waals surface area contributed by atoms with Crippen molar-refractivity contribution in [1.82, 2.24) is 19.7 Å². The number of rotatable bonds is 10. The lowest BCUT2D eigenvalue weighted by molar-refractivity contribution is 0.0691. The van der Waals surface area contributed by atoms with Crippen LogP contribution in [0.3, 0.4) is 0 Å². The molecule has 0 radical (unpaired) electrons. The molecule has 11 heteroatoms. The first-order chi connectivity index (χ1) is 23.0. The number of thiazole rings is 1. The van der Waals surface area contributed by atoms with Crippen molar-refractivity contribution in [3.8, 4) is 11.1 Å². The lowest BCUT2D eigenvalue weighted by Crippen LogP contribution is -2.33. The molecule has 47 heavy (non-hydrogen) atoms. The molecule has 1 aliphatic rings. The van der Waals surface area contributed by atoms with Crippen molar-refractivity contribution in [3.63, 3.8) is 0 Å². The van der Waals surface area contributed by atoms with E-state index in [4.69, 9.17) is 4.74 Å². The lowest BCUT2D eigenvalue weighted by atomic mass is 9.94. The van der Waals surface area contributed by atoms with Crippen LogP contribution in [0, 0.1) is 0 Å². The summed E-state index contributed by atoms with van der Waals surface area (Å²) in [5.41, 5.74) is 5.57. The summed E-state index contributed by atoms with van der Waals surface area (Å²) in [5.74, 6) is -0.816. The molecule has 0 bridgehead atoms. The molecule has 236 valence electrons. The predicted octanol–water partition coefficient (Wildman–Crippen LogP) is 6.69. The van der Waals surface area contributed by atoms with Crippen molar-refractivity contribution >= 4 is 44.4 Å². The zero-order valence-electron chi connectivity index (χ0n) is 25.7.